The Morgan fingerprint density at radius 1 is 1.36 bits per heavy atom. The maximum Gasteiger partial charge on any atom is 0.262 e. The molecule has 0 spiro atoms. The van der Waals surface area contributed by atoms with Crippen molar-refractivity contribution in [2.24, 2.45) is 5.10 Å². The van der Waals surface area contributed by atoms with Gasteiger partial charge in [-0.25, -0.2) is 5.43 Å². The van der Waals surface area contributed by atoms with Crippen LogP contribution in [0.1, 0.15) is 18.9 Å². The van der Waals surface area contributed by atoms with Crippen molar-refractivity contribution >= 4 is 29.4 Å². The fraction of sp³-hybridized carbons (Fsp3) is 0.222. The van der Waals surface area contributed by atoms with E-state index >= 15 is 0 Å². The van der Waals surface area contributed by atoms with Crippen molar-refractivity contribution in [3.05, 3.63) is 53.1 Å². The van der Waals surface area contributed by atoms with E-state index in [1.165, 1.54) is 19.4 Å². The van der Waals surface area contributed by atoms with Crippen LogP contribution >= 0.6 is 11.6 Å². The first-order valence-electron chi connectivity index (χ1n) is 7.75. The van der Waals surface area contributed by atoms with Crippen LogP contribution in [0, 0.1) is 0 Å². The minimum Gasteiger partial charge on any atom is -0.504 e. The number of phenolic OH excluding ortho intramolecular Hbond substituents is 1. The van der Waals surface area contributed by atoms with Crippen LogP contribution in [0.2, 0.25) is 5.02 Å². The summed E-state index contributed by atoms with van der Waals surface area (Å²) in [5, 5.41) is 17.2. The van der Waals surface area contributed by atoms with Gasteiger partial charge in [0.2, 0.25) is 0 Å². The van der Waals surface area contributed by atoms with Crippen molar-refractivity contribution in [1.82, 2.24) is 5.43 Å². The molecule has 25 heavy (non-hydrogen) atoms. The number of hydrogen-bond donors (Lipinski definition) is 3. The van der Waals surface area contributed by atoms with Gasteiger partial charge >= 0.3 is 0 Å². The number of methoxy groups -OCH3 is 1. The lowest BCUT2D eigenvalue weighted by molar-refractivity contribution is -0.121. The molecular formula is C18H20ClN3O3. The summed E-state index contributed by atoms with van der Waals surface area (Å²) >= 11 is 5.95. The average molecular weight is 362 g/mol. The number of nitrogens with one attached hydrogen (secondary N) is 2. The van der Waals surface area contributed by atoms with Gasteiger partial charge in [-0.3, -0.25) is 4.79 Å². The van der Waals surface area contributed by atoms with Crippen molar-refractivity contribution in [3.63, 3.8) is 0 Å². The number of carbonyl (C=O) groups is 1. The van der Waals surface area contributed by atoms with E-state index in [2.05, 4.69) is 15.8 Å². The number of benzene rings is 2. The quantitative estimate of drug-likeness (QED) is 0.521. The second-order valence-electron chi connectivity index (χ2n) is 5.28. The summed E-state index contributed by atoms with van der Waals surface area (Å²) in [7, 11) is 1.46. The highest BCUT2D eigenvalue weighted by Crippen LogP contribution is 2.25. The summed E-state index contributed by atoms with van der Waals surface area (Å²) in [6.45, 7) is 1.90. The fourth-order valence-corrected chi connectivity index (χ4v) is 2.35. The number of phenols is 1. The van der Waals surface area contributed by atoms with E-state index in [4.69, 9.17) is 16.3 Å². The largest absolute Gasteiger partial charge is 0.504 e. The van der Waals surface area contributed by atoms with Crippen LogP contribution in [0.4, 0.5) is 5.69 Å². The predicted octanol–water partition coefficient (Wildman–Crippen LogP) is 3.40. The number of ether oxygens (including phenoxy) is 1. The molecule has 2 rings (SSSR count). The number of carbonyl (C=O) groups excluding carboxylic acids is 1. The van der Waals surface area contributed by atoms with E-state index in [1.807, 2.05) is 19.1 Å². The van der Waals surface area contributed by atoms with Crippen molar-refractivity contribution in [2.45, 2.75) is 19.4 Å². The van der Waals surface area contributed by atoms with Crippen LogP contribution in [0.15, 0.2) is 47.6 Å². The molecule has 2 aromatic rings. The molecule has 1 amide bonds. The third-order valence-electron chi connectivity index (χ3n) is 3.48. The number of amides is 1. The SMILES string of the molecule is CC[C@H](Nc1cccc(Cl)c1)C(=O)N/N=C/c1ccc(O)c(OC)c1. The third kappa shape index (κ3) is 5.39. The zero-order valence-electron chi connectivity index (χ0n) is 14.0. The van der Waals surface area contributed by atoms with E-state index in [0.29, 0.717) is 22.8 Å². The van der Waals surface area contributed by atoms with Gasteiger partial charge in [0, 0.05) is 10.7 Å². The normalized spacial score (nSPS) is 12.0. The second kappa shape index (κ2) is 8.94. The summed E-state index contributed by atoms with van der Waals surface area (Å²) in [4.78, 5) is 12.2. The second-order valence-corrected chi connectivity index (χ2v) is 5.72. The predicted molar refractivity (Wildman–Crippen MR) is 99.5 cm³/mol. The van der Waals surface area contributed by atoms with Gasteiger partial charge in [-0.15, -0.1) is 0 Å². The summed E-state index contributed by atoms with van der Waals surface area (Å²) < 4.78 is 5.02. The minimum atomic E-state index is -0.440. The molecule has 0 radical (unpaired) electrons. The fourth-order valence-electron chi connectivity index (χ4n) is 2.16. The molecule has 0 saturated heterocycles. The van der Waals surface area contributed by atoms with Gasteiger partial charge in [-0.05, 0) is 48.4 Å². The molecule has 0 saturated carbocycles. The molecule has 0 aliphatic heterocycles. The molecule has 0 aliphatic carbocycles. The first-order chi connectivity index (χ1) is 12.0. The zero-order chi connectivity index (χ0) is 18.2. The molecule has 6 nitrogen and oxygen atoms in total. The van der Waals surface area contributed by atoms with Crippen LogP contribution in [0.25, 0.3) is 0 Å². The maximum absolute atomic E-state index is 12.2. The van der Waals surface area contributed by atoms with E-state index in [1.54, 1.807) is 24.3 Å². The highest BCUT2D eigenvalue weighted by molar-refractivity contribution is 6.30. The van der Waals surface area contributed by atoms with Gasteiger partial charge in [0.05, 0.1) is 13.3 Å². The Morgan fingerprint density at radius 3 is 2.84 bits per heavy atom. The Balaban J connectivity index is 1.97. The monoisotopic (exact) mass is 361 g/mol. The Labute approximate surface area is 151 Å². The number of nitrogens with zero attached hydrogens (tertiary/aromatic N) is 1. The molecule has 0 heterocycles. The molecule has 0 aliphatic rings. The van der Waals surface area contributed by atoms with Crippen molar-refractivity contribution in [3.8, 4) is 11.5 Å². The molecule has 2 aromatic carbocycles. The first kappa shape index (κ1) is 18.6. The maximum atomic E-state index is 12.2. The Bertz CT molecular complexity index is 765. The van der Waals surface area contributed by atoms with Gasteiger partial charge in [0.1, 0.15) is 6.04 Å². The highest BCUT2D eigenvalue weighted by atomic mass is 35.5. The first-order valence-corrected chi connectivity index (χ1v) is 8.13. The van der Waals surface area contributed by atoms with Crippen LogP contribution in [0.3, 0.4) is 0 Å². The molecule has 1 atom stereocenters. The minimum absolute atomic E-state index is 0.0421. The van der Waals surface area contributed by atoms with Crippen molar-refractivity contribution in [1.29, 1.82) is 0 Å². The van der Waals surface area contributed by atoms with Gasteiger partial charge in [-0.1, -0.05) is 24.6 Å². The Kier molecular flexibility index (Phi) is 6.65. The van der Waals surface area contributed by atoms with Crippen LogP contribution in [-0.4, -0.2) is 30.4 Å². The lowest BCUT2D eigenvalue weighted by Crippen LogP contribution is -2.36. The number of aromatic hydroxyl groups is 1. The zero-order valence-corrected chi connectivity index (χ0v) is 14.7. The summed E-state index contributed by atoms with van der Waals surface area (Å²) in [5.41, 5.74) is 3.95. The molecule has 132 valence electrons. The molecule has 3 N–H and O–H groups in total. The smallest absolute Gasteiger partial charge is 0.262 e. The standard InChI is InChI=1S/C18H20ClN3O3/c1-3-15(21-14-6-4-5-13(19)10-14)18(24)22-20-11-12-7-8-16(23)17(9-12)25-2/h4-11,15,21,23H,3H2,1-2H3,(H,22,24)/b20-11+/t15-/m0/s1. The lowest BCUT2D eigenvalue weighted by atomic mass is 10.2. The summed E-state index contributed by atoms with van der Waals surface area (Å²) in [5.74, 6) is 0.120. The molecule has 0 bridgehead atoms. The number of hydrogen-bond acceptors (Lipinski definition) is 5. The summed E-state index contributed by atoms with van der Waals surface area (Å²) in [6.07, 6.45) is 2.06. The summed E-state index contributed by atoms with van der Waals surface area (Å²) in [6, 6.07) is 11.5. The van der Waals surface area contributed by atoms with Gasteiger partial charge < -0.3 is 15.2 Å². The molecule has 0 unspecified atom stereocenters. The van der Waals surface area contributed by atoms with Crippen LogP contribution < -0.4 is 15.5 Å². The van der Waals surface area contributed by atoms with Crippen LogP contribution in [0.5, 0.6) is 11.5 Å². The van der Waals surface area contributed by atoms with E-state index in [9.17, 15) is 9.90 Å². The van der Waals surface area contributed by atoms with Gasteiger partial charge in [0.15, 0.2) is 11.5 Å². The van der Waals surface area contributed by atoms with Crippen molar-refractivity contribution in [2.75, 3.05) is 12.4 Å². The lowest BCUT2D eigenvalue weighted by Gasteiger charge is -2.16. The third-order valence-corrected chi connectivity index (χ3v) is 3.72. The number of rotatable bonds is 7. The Morgan fingerprint density at radius 2 is 2.16 bits per heavy atom. The number of hydrazone groups is 1. The topological polar surface area (TPSA) is 83.0 Å². The van der Waals surface area contributed by atoms with Gasteiger partial charge in [-0.2, -0.15) is 5.10 Å². The van der Waals surface area contributed by atoms with E-state index in [-0.39, 0.29) is 11.7 Å². The van der Waals surface area contributed by atoms with Crippen LogP contribution in [-0.2, 0) is 4.79 Å². The van der Waals surface area contributed by atoms with Gasteiger partial charge in [0.25, 0.3) is 5.91 Å². The van der Waals surface area contributed by atoms with Crippen molar-refractivity contribution < 1.29 is 14.6 Å². The highest BCUT2D eigenvalue weighted by Gasteiger charge is 2.15. The number of anilines is 1. The number of halogens is 1. The average Bonchev–Trinajstić information content (AvgIpc) is 2.61. The molecular weight excluding hydrogens is 342 g/mol. The van der Waals surface area contributed by atoms with E-state index in [0.717, 1.165) is 5.69 Å². The van der Waals surface area contributed by atoms with E-state index < -0.39 is 6.04 Å². The molecule has 0 fully saturated rings. The molecule has 7 heteroatoms. The molecule has 0 aromatic heterocycles. The Hall–Kier alpha value is -2.73.